The van der Waals surface area contributed by atoms with Crippen molar-refractivity contribution in [2.24, 2.45) is 16.5 Å². The van der Waals surface area contributed by atoms with Crippen molar-refractivity contribution in [1.29, 1.82) is 0 Å². The molecular weight excluding hydrogens is 177 g/mol. The van der Waals surface area contributed by atoms with Crippen molar-refractivity contribution >= 4 is 19.7 Å². The van der Waals surface area contributed by atoms with E-state index in [-0.39, 0.29) is 0 Å². The Morgan fingerprint density at radius 3 is 1.62 bits per heavy atom. The van der Waals surface area contributed by atoms with Gasteiger partial charge in [-0.15, -0.1) is 0 Å². The molecule has 0 aromatic carbocycles. The summed E-state index contributed by atoms with van der Waals surface area (Å²) in [4.78, 5) is 0. The van der Waals surface area contributed by atoms with Gasteiger partial charge in [0.1, 0.15) is 0 Å². The lowest BCUT2D eigenvalue weighted by Gasteiger charge is -2.17. The van der Waals surface area contributed by atoms with E-state index in [1.807, 2.05) is 0 Å². The van der Waals surface area contributed by atoms with E-state index in [0.29, 0.717) is 10.8 Å². The minimum Gasteiger partial charge on any atom is -0.380 e. The van der Waals surface area contributed by atoms with Crippen LogP contribution in [0.2, 0.25) is 0 Å². The second-order valence-electron chi connectivity index (χ2n) is 4.80. The first-order chi connectivity index (χ1) is 5.91. The van der Waals surface area contributed by atoms with Crippen LogP contribution in [0.4, 0.5) is 0 Å². The lowest BCUT2D eigenvalue weighted by Crippen LogP contribution is -2.09. The largest absolute Gasteiger partial charge is 0.380 e. The van der Waals surface area contributed by atoms with Crippen LogP contribution in [-0.4, -0.2) is 19.5 Å². The molecule has 0 amide bonds. The summed E-state index contributed by atoms with van der Waals surface area (Å²) in [6, 6.07) is 0. The van der Waals surface area contributed by atoms with Crippen LogP contribution < -0.4 is 5.64 Å². The van der Waals surface area contributed by atoms with Crippen LogP contribution in [-0.2, 0) is 0 Å². The van der Waals surface area contributed by atoms with Crippen LogP contribution in [0.1, 0.15) is 27.7 Å². The molecule has 13 heavy (non-hydrogen) atoms. The van der Waals surface area contributed by atoms with Crippen molar-refractivity contribution in [3.63, 3.8) is 0 Å². The summed E-state index contributed by atoms with van der Waals surface area (Å²) >= 11 is 2.07. The maximum absolute atomic E-state index is 4.00. The lowest BCUT2D eigenvalue weighted by atomic mass is 9.89. The van der Waals surface area contributed by atoms with E-state index >= 15 is 0 Å². The Bertz CT molecular complexity index is 158. The Kier molecular flexibility index (Phi) is 5.15. The quantitative estimate of drug-likeness (QED) is 0.476. The Hall–Kier alpha value is 0.115. The van der Waals surface area contributed by atoms with E-state index in [2.05, 4.69) is 65.2 Å². The molecule has 0 aromatic heterocycles. The predicted octanol–water partition coefficient (Wildman–Crippen LogP) is 2.37. The summed E-state index contributed by atoms with van der Waals surface area (Å²) in [6.07, 6.45) is 4.74. The van der Waals surface area contributed by atoms with Gasteiger partial charge < -0.3 is 5.64 Å². The van der Waals surface area contributed by atoms with Gasteiger partial charge >= 0.3 is 0 Å². The zero-order valence-corrected chi connectivity index (χ0v) is 9.95. The molecule has 0 unspecified atom stereocenters. The monoisotopic (exact) mass is 197 g/mol. The molecule has 0 aromatic rings. The highest BCUT2D eigenvalue weighted by Crippen LogP contribution is 2.34. The van der Waals surface area contributed by atoms with Crippen molar-refractivity contribution < 1.29 is 0 Å². The maximum Gasteiger partial charge on any atom is 0.174 e. The molecule has 0 saturated carbocycles. The first-order valence-corrected chi connectivity index (χ1v) is 5.68. The number of allylic oxidation sites excluding steroid dienone is 2. The molecule has 0 aliphatic carbocycles. The van der Waals surface area contributed by atoms with Gasteiger partial charge in [-0.05, 0) is 10.8 Å². The Morgan fingerprint density at radius 1 is 1.00 bits per heavy atom. The highest BCUT2D eigenvalue weighted by molar-refractivity contribution is 7.99. The summed E-state index contributed by atoms with van der Waals surface area (Å²) in [7, 11) is 4.00. The van der Waals surface area contributed by atoms with Crippen LogP contribution >= 0.6 is 11.8 Å². The van der Waals surface area contributed by atoms with Crippen LogP contribution in [0.15, 0.2) is 12.2 Å². The third-order valence-electron chi connectivity index (χ3n) is 1.93. The maximum atomic E-state index is 4.00. The predicted molar refractivity (Wildman–Crippen MR) is 64.0 cm³/mol. The first-order valence-electron chi connectivity index (χ1n) is 4.53. The standard InChI is InChI=1S/C10H18S.BH2N/c1-9(2)5-6-10(3,4)8-11-7-9;1-2/h5-6H,7-8H2,1-4H3;2H2. The molecule has 1 nitrogen and oxygen atoms in total. The van der Waals surface area contributed by atoms with Gasteiger partial charge in [0.25, 0.3) is 0 Å². The molecule has 0 bridgehead atoms. The Morgan fingerprint density at radius 2 is 1.31 bits per heavy atom. The van der Waals surface area contributed by atoms with Gasteiger partial charge in [0, 0.05) is 11.5 Å². The summed E-state index contributed by atoms with van der Waals surface area (Å²) in [5.74, 6) is 2.51. The van der Waals surface area contributed by atoms with Gasteiger partial charge in [-0.25, -0.2) is 0 Å². The molecular formula is C10H20BNS. The van der Waals surface area contributed by atoms with Gasteiger partial charge in [0.2, 0.25) is 0 Å². The smallest absolute Gasteiger partial charge is 0.174 e. The van der Waals surface area contributed by atoms with Crippen molar-refractivity contribution in [2.45, 2.75) is 27.7 Å². The van der Waals surface area contributed by atoms with Gasteiger partial charge in [0.05, 0.1) is 0 Å². The van der Waals surface area contributed by atoms with Crippen LogP contribution in [0, 0.1) is 10.8 Å². The van der Waals surface area contributed by atoms with Gasteiger partial charge in [-0.1, -0.05) is 39.8 Å². The SMILES string of the molecule is CC1(C)C=CC(C)(C)CSC1.[B]N. The lowest BCUT2D eigenvalue weighted by molar-refractivity contribution is 0.531. The van der Waals surface area contributed by atoms with Crippen LogP contribution in [0.5, 0.6) is 0 Å². The van der Waals surface area contributed by atoms with E-state index in [1.54, 1.807) is 0 Å². The molecule has 1 rings (SSSR count). The molecule has 0 atom stereocenters. The van der Waals surface area contributed by atoms with Crippen molar-refractivity contribution in [2.75, 3.05) is 11.5 Å². The molecule has 1 aliphatic heterocycles. The molecule has 1 heterocycles. The summed E-state index contributed by atoms with van der Waals surface area (Å²) in [6.45, 7) is 9.21. The zero-order chi connectivity index (χ0) is 10.5. The Balaban J connectivity index is 0.000000671. The number of hydrogen-bond acceptors (Lipinski definition) is 2. The number of rotatable bonds is 0. The second-order valence-corrected chi connectivity index (χ2v) is 5.79. The molecule has 0 fully saturated rings. The average molecular weight is 197 g/mol. The van der Waals surface area contributed by atoms with Gasteiger partial charge in [-0.3, -0.25) is 0 Å². The molecule has 2 N–H and O–H groups in total. The number of thioether (sulfide) groups is 1. The number of nitrogens with two attached hydrogens (primary N) is 1. The summed E-state index contributed by atoms with van der Waals surface area (Å²) < 4.78 is 0. The molecule has 0 saturated heterocycles. The average Bonchev–Trinajstić information content (AvgIpc) is 2.15. The third-order valence-corrected chi connectivity index (χ3v) is 3.83. The molecule has 2 radical (unpaired) electrons. The van der Waals surface area contributed by atoms with Gasteiger partial charge in [-0.2, -0.15) is 11.8 Å². The highest BCUT2D eigenvalue weighted by atomic mass is 32.2. The second kappa shape index (κ2) is 5.11. The molecule has 1 aliphatic rings. The van der Waals surface area contributed by atoms with Crippen molar-refractivity contribution in [1.82, 2.24) is 0 Å². The molecule has 74 valence electrons. The van der Waals surface area contributed by atoms with Gasteiger partial charge in [0.15, 0.2) is 7.98 Å². The number of hydrogen-bond donors (Lipinski definition) is 1. The van der Waals surface area contributed by atoms with Crippen molar-refractivity contribution in [3.05, 3.63) is 12.2 Å². The summed E-state index contributed by atoms with van der Waals surface area (Å²) in [5.41, 5.74) is 4.80. The molecule has 3 heteroatoms. The van der Waals surface area contributed by atoms with Crippen LogP contribution in [0.3, 0.4) is 0 Å². The van der Waals surface area contributed by atoms with E-state index in [4.69, 9.17) is 0 Å². The fraction of sp³-hybridized carbons (Fsp3) is 0.800. The zero-order valence-electron chi connectivity index (χ0n) is 9.13. The van der Waals surface area contributed by atoms with Crippen molar-refractivity contribution in [3.8, 4) is 0 Å². The first kappa shape index (κ1) is 13.1. The van der Waals surface area contributed by atoms with E-state index < -0.39 is 0 Å². The normalized spacial score (nSPS) is 24.1. The highest BCUT2D eigenvalue weighted by Gasteiger charge is 2.23. The van der Waals surface area contributed by atoms with Crippen LogP contribution in [0.25, 0.3) is 0 Å². The molecule has 0 spiro atoms. The third kappa shape index (κ3) is 5.43. The fourth-order valence-corrected chi connectivity index (χ4v) is 2.47. The topological polar surface area (TPSA) is 26.0 Å². The van der Waals surface area contributed by atoms with E-state index in [1.165, 1.54) is 11.5 Å². The summed E-state index contributed by atoms with van der Waals surface area (Å²) in [5, 5.41) is 0. The minimum atomic E-state index is 0.401. The van der Waals surface area contributed by atoms with E-state index in [0.717, 1.165) is 0 Å². The fourth-order valence-electron chi connectivity index (χ4n) is 1.12. The van der Waals surface area contributed by atoms with E-state index in [9.17, 15) is 0 Å². The Labute approximate surface area is 88.0 Å². The minimum absolute atomic E-state index is 0.401.